The quantitative estimate of drug-likeness (QED) is 0.216. The van der Waals surface area contributed by atoms with Crippen molar-refractivity contribution in [2.45, 2.75) is 51.0 Å². The van der Waals surface area contributed by atoms with Crippen molar-refractivity contribution in [2.24, 2.45) is 0 Å². The molecule has 2 atom stereocenters. The van der Waals surface area contributed by atoms with Gasteiger partial charge < -0.3 is 18.6 Å². The molecule has 0 bridgehead atoms. The van der Waals surface area contributed by atoms with Crippen LogP contribution in [0.15, 0.2) is 24.7 Å². The van der Waals surface area contributed by atoms with Crippen molar-refractivity contribution >= 4 is 69.9 Å². The molecule has 2 unspecified atom stereocenters. The standard InChI is InChI=1S/2C7H12O5S.Ca/c2*1-3-4-12-7(8)5-6(2)13(9,10)11;/h2*3-4,6H,5H2,1-2H3,(H,9,10,11);/q;;+2/p-2/b2*4-3+;. The molecule has 0 saturated heterocycles. The molecule has 0 saturated carbocycles. The van der Waals surface area contributed by atoms with Gasteiger partial charge >= 0.3 is 49.7 Å². The number of rotatable bonds is 8. The van der Waals surface area contributed by atoms with Crippen LogP contribution in [-0.2, 0) is 39.3 Å². The van der Waals surface area contributed by atoms with Crippen molar-refractivity contribution in [1.29, 1.82) is 0 Å². The van der Waals surface area contributed by atoms with Crippen LogP contribution in [0.3, 0.4) is 0 Å². The van der Waals surface area contributed by atoms with Gasteiger partial charge in [-0.2, -0.15) is 0 Å². The number of allylic oxidation sites excluding steroid dienone is 2. The zero-order valence-corrected chi connectivity index (χ0v) is 19.3. The average Bonchev–Trinajstić information content (AvgIpc) is 2.49. The fourth-order valence-corrected chi connectivity index (χ4v) is 1.74. The van der Waals surface area contributed by atoms with E-state index in [0.717, 1.165) is 12.5 Å². The molecule has 0 aromatic heterocycles. The maximum atomic E-state index is 10.8. The summed E-state index contributed by atoms with van der Waals surface area (Å²) in [5.41, 5.74) is 0. The molecule has 0 aliphatic heterocycles. The average molecular weight is 455 g/mol. The Labute approximate surface area is 189 Å². The summed E-state index contributed by atoms with van der Waals surface area (Å²) in [6, 6.07) is 0. The Hall–Kier alpha value is -0.500. The van der Waals surface area contributed by atoms with Gasteiger partial charge in [-0.25, -0.2) is 16.8 Å². The fourth-order valence-electron chi connectivity index (χ4n) is 1.06. The smallest absolute Gasteiger partial charge is 0.748 e. The number of esters is 2. The monoisotopic (exact) mass is 454 g/mol. The predicted molar refractivity (Wildman–Crippen MR) is 95.1 cm³/mol. The van der Waals surface area contributed by atoms with Crippen molar-refractivity contribution in [3.05, 3.63) is 24.7 Å². The van der Waals surface area contributed by atoms with Crippen LogP contribution in [0, 0.1) is 0 Å². The first-order chi connectivity index (χ1) is 11.8. The second-order valence-electron chi connectivity index (χ2n) is 4.93. The van der Waals surface area contributed by atoms with Gasteiger partial charge in [-0.3, -0.25) is 9.59 Å². The third-order valence-electron chi connectivity index (χ3n) is 2.56. The van der Waals surface area contributed by atoms with E-state index >= 15 is 0 Å². The SMILES string of the molecule is C/C=C/OC(=O)CC(C)S(=O)(=O)[O-].C/C=C/OC(=O)CC(C)S(=O)(=O)[O-].[Ca+2]. The molecule has 152 valence electrons. The molecule has 0 amide bonds. The van der Waals surface area contributed by atoms with E-state index in [4.69, 9.17) is 0 Å². The van der Waals surface area contributed by atoms with Gasteiger partial charge in [0, 0.05) is 0 Å². The summed E-state index contributed by atoms with van der Waals surface area (Å²) in [5.74, 6) is -1.46. The molecular weight excluding hydrogens is 432 g/mol. The molecule has 0 radical (unpaired) electrons. The Bertz CT molecular complexity index is 648. The second-order valence-corrected chi connectivity index (χ2v) is 8.51. The van der Waals surface area contributed by atoms with Gasteiger partial charge in [-0.1, -0.05) is 12.2 Å². The zero-order chi connectivity index (χ0) is 21.0. The fraction of sp³-hybridized carbons (Fsp3) is 0.571. The van der Waals surface area contributed by atoms with E-state index in [-0.39, 0.29) is 37.7 Å². The van der Waals surface area contributed by atoms with Gasteiger partial charge in [-0.05, 0) is 27.7 Å². The van der Waals surface area contributed by atoms with E-state index in [9.17, 15) is 35.5 Å². The van der Waals surface area contributed by atoms with E-state index < -0.39 is 55.5 Å². The van der Waals surface area contributed by atoms with Gasteiger partial charge in [-0.15, -0.1) is 0 Å². The maximum absolute atomic E-state index is 10.8. The summed E-state index contributed by atoms with van der Waals surface area (Å²) in [6.07, 6.45) is 4.38. The first-order valence-corrected chi connectivity index (χ1v) is 10.2. The minimum atomic E-state index is -4.40. The molecule has 0 aromatic carbocycles. The van der Waals surface area contributed by atoms with E-state index in [1.807, 2.05) is 0 Å². The number of hydrogen-bond donors (Lipinski definition) is 0. The molecule has 0 fully saturated rings. The summed E-state index contributed by atoms with van der Waals surface area (Å²) in [6.45, 7) is 5.61. The number of ether oxygens (including phenoxy) is 2. The number of carbonyl (C=O) groups excluding carboxylic acids is 2. The summed E-state index contributed by atoms with van der Waals surface area (Å²) >= 11 is 0. The third kappa shape index (κ3) is 18.6. The largest absolute Gasteiger partial charge is 2.00 e. The Morgan fingerprint density at radius 3 is 1.26 bits per heavy atom. The van der Waals surface area contributed by atoms with Crippen LogP contribution in [-0.4, -0.2) is 86.1 Å². The maximum Gasteiger partial charge on any atom is 2.00 e. The van der Waals surface area contributed by atoms with E-state index in [0.29, 0.717) is 0 Å². The van der Waals surface area contributed by atoms with Crippen LogP contribution in [0.25, 0.3) is 0 Å². The predicted octanol–water partition coefficient (Wildman–Crippen LogP) is 0.393. The van der Waals surface area contributed by atoms with Crippen molar-refractivity contribution in [3.63, 3.8) is 0 Å². The summed E-state index contributed by atoms with van der Waals surface area (Å²) < 4.78 is 71.0. The Morgan fingerprint density at radius 1 is 0.815 bits per heavy atom. The topological polar surface area (TPSA) is 167 Å². The van der Waals surface area contributed by atoms with E-state index in [1.54, 1.807) is 13.8 Å². The van der Waals surface area contributed by atoms with Gasteiger partial charge in [0.05, 0.1) is 56.1 Å². The summed E-state index contributed by atoms with van der Waals surface area (Å²) in [4.78, 5) is 21.6. The van der Waals surface area contributed by atoms with Crippen molar-refractivity contribution in [3.8, 4) is 0 Å². The van der Waals surface area contributed by atoms with Crippen LogP contribution >= 0.6 is 0 Å². The molecule has 0 aliphatic rings. The Balaban J connectivity index is -0.000000411. The van der Waals surface area contributed by atoms with Gasteiger partial charge in [0.1, 0.15) is 0 Å². The van der Waals surface area contributed by atoms with Gasteiger partial charge in [0.2, 0.25) is 0 Å². The molecule has 0 heterocycles. The summed E-state index contributed by atoms with van der Waals surface area (Å²) in [5, 5.41) is -2.49. The molecule has 0 rings (SSSR count). The van der Waals surface area contributed by atoms with Crippen LogP contribution < -0.4 is 0 Å². The minimum absolute atomic E-state index is 0. The zero-order valence-electron chi connectivity index (χ0n) is 15.5. The normalized spacial score (nSPS) is 13.9. The number of hydrogen-bond acceptors (Lipinski definition) is 10. The first kappa shape index (κ1) is 31.2. The van der Waals surface area contributed by atoms with Crippen LogP contribution in [0.4, 0.5) is 0 Å². The first-order valence-electron chi connectivity index (χ1n) is 7.26. The molecule has 10 nitrogen and oxygen atoms in total. The van der Waals surface area contributed by atoms with Crippen LogP contribution in [0.5, 0.6) is 0 Å². The number of carbonyl (C=O) groups is 2. The molecular formula is C14H22CaO10S2. The molecule has 0 aliphatic carbocycles. The van der Waals surface area contributed by atoms with Crippen LogP contribution in [0.1, 0.15) is 40.5 Å². The molecule has 0 spiro atoms. The van der Waals surface area contributed by atoms with Gasteiger partial charge in [0.25, 0.3) is 0 Å². The second kappa shape index (κ2) is 15.4. The molecule has 27 heavy (non-hydrogen) atoms. The molecule has 13 heteroatoms. The Kier molecular flexibility index (Phi) is 17.8. The third-order valence-corrected chi connectivity index (χ3v) is 4.87. The van der Waals surface area contributed by atoms with Crippen LogP contribution in [0.2, 0.25) is 0 Å². The van der Waals surface area contributed by atoms with E-state index in [1.165, 1.54) is 26.0 Å². The van der Waals surface area contributed by atoms with Crippen molar-refractivity contribution in [1.82, 2.24) is 0 Å². The van der Waals surface area contributed by atoms with Crippen molar-refractivity contribution < 1.29 is 45.0 Å². The van der Waals surface area contributed by atoms with Gasteiger partial charge in [0.15, 0.2) is 0 Å². The summed E-state index contributed by atoms with van der Waals surface area (Å²) in [7, 11) is -8.80. The Morgan fingerprint density at radius 2 is 1.07 bits per heavy atom. The minimum Gasteiger partial charge on any atom is -0.748 e. The van der Waals surface area contributed by atoms with E-state index in [2.05, 4.69) is 9.47 Å². The molecule has 0 N–H and O–H groups in total. The molecule has 0 aromatic rings. The van der Waals surface area contributed by atoms with Crippen molar-refractivity contribution in [2.75, 3.05) is 0 Å².